The quantitative estimate of drug-likeness (QED) is 0.471. The third-order valence-electron chi connectivity index (χ3n) is 4.86. The van der Waals surface area contributed by atoms with Gasteiger partial charge in [-0.2, -0.15) is 5.10 Å². The number of carbonyl (C=O) groups excluding carboxylic acids is 1. The van der Waals surface area contributed by atoms with Crippen molar-refractivity contribution >= 4 is 29.1 Å². The third-order valence-corrected chi connectivity index (χ3v) is 6.09. The van der Waals surface area contributed by atoms with Crippen LogP contribution in [-0.2, 0) is 11.3 Å². The summed E-state index contributed by atoms with van der Waals surface area (Å²) in [4.78, 5) is 14.8. The number of benzene rings is 2. The first-order chi connectivity index (χ1) is 13.6. The van der Waals surface area contributed by atoms with E-state index in [2.05, 4.69) is 43.1 Å². The summed E-state index contributed by atoms with van der Waals surface area (Å²) in [6.07, 6.45) is 4.75. The Balaban J connectivity index is 1.81. The van der Waals surface area contributed by atoms with Gasteiger partial charge in [-0.1, -0.05) is 85.6 Å². The zero-order chi connectivity index (χ0) is 19.9. The molecule has 1 fully saturated rings. The van der Waals surface area contributed by atoms with Gasteiger partial charge >= 0.3 is 0 Å². The van der Waals surface area contributed by atoms with Gasteiger partial charge in [-0.05, 0) is 37.0 Å². The van der Waals surface area contributed by atoms with Crippen molar-refractivity contribution < 1.29 is 4.79 Å². The number of rotatable bonds is 7. The molecule has 3 rings (SSSR count). The Kier molecular flexibility index (Phi) is 7.04. The molecule has 2 aromatic rings. The first kappa shape index (κ1) is 20.3. The zero-order valence-corrected chi connectivity index (χ0v) is 17.6. The van der Waals surface area contributed by atoms with Crippen LogP contribution in [0.2, 0.25) is 0 Å². The van der Waals surface area contributed by atoms with E-state index >= 15 is 0 Å². The van der Waals surface area contributed by atoms with Crippen LogP contribution in [0.3, 0.4) is 0 Å². The van der Waals surface area contributed by atoms with Crippen LogP contribution in [0.4, 0.5) is 0 Å². The Bertz CT molecular complexity index is 874. The summed E-state index contributed by atoms with van der Waals surface area (Å²) in [5.74, 6) is 0.144. The number of nitrogens with zero attached hydrogens (tertiary/aromatic N) is 3. The summed E-state index contributed by atoms with van der Waals surface area (Å²) >= 11 is 1.54. The molecule has 1 amide bonds. The van der Waals surface area contributed by atoms with Crippen LogP contribution in [0.15, 0.2) is 58.7 Å². The minimum atomic E-state index is -0.0581. The van der Waals surface area contributed by atoms with E-state index in [4.69, 9.17) is 0 Å². The van der Waals surface area contributed by atoms with E-state index in [-0.39, 0.29) is 11.2 Å². The highest BCUT2D eigenvalue weighted by Crippen LogP contribution is 2.32. The molecule has 0 unspecified atom stereocenters. The first-order valence-electron chi connectivity index (χ1n) is 9.78. The van der Waals surface area contributed by atoms with Crippen molar-refractivity contribution in [1.82, 2.24) is 4.90 Å². The molecule has 2 aromatic carbocycles. The molecule has 0 aliphatic carbocycles. The fraction of sp³-hybridized carbons (Fsp3) is 0.348. The van der Waals surface area contributed by atoms with Gasteiger partial charge in [0.05, 0.1) is 18.0 Å². The average molecular weight is 394 g/mol. The molecule has 0 spiro atoms. The summed E-state index contributed by atoms with van der Waals surface area (Å²) in [6.45, 7) is 6.82. The normalized spacial score (nSPS) is 18.5. The Morgan fingerprint density at radius 1 is 1.11 bits per heavy atom. The van der Waals surface area contributed by atoms with Crippen LogP contribution in [-0.4, -0.2) is 27.4 Å². The summed E-state index contributed by atoms with van der Waals surface area (Å²) < 4.78 is 0. The molecule has 4 nitrogen and oxygen atoms in total. The molecule has 1 aliphatic heterocycles. The van der Waals surface area contributed by atoms with E-state index in [1.165, 1.54) is 11.1 Å². The number of amides is 1. The van der Waals surface area contributed by atoms with E-state index in [1.54, 1.807) is 22.9 Å². The molecule has 1 atom stereocenters. The van der Waals surface area contributed by atoms with E-state index in [1.807, 2.05) is 36.4 Å². The SMILES string of the molecule is CCCC[C@H]1S/C(=N\N=C/c2ccc(C)cc2)N(Cc2ccccc2C)C1=O. The molecule has 0 aromatic heterocycles. The van der Waals surface area contributed by atoms with E-state index in [9.17, 15) is 4.79 Å². The lowest BCUT2D eigenvalue weighted by molar-refractivity contribution is -0.126. The molecule has 0 radical (unpaired) electrons. The lowest BCUT2D eigenvalue weighted by atomic mass is 10.1. The van der Waals surface area contributed by atoms with Crippen LogP contribution in [0.5, 0.6) is 0 Å². The van der Waals surface area contributed by atoms with Crippen LogP contribution in [0, 0.1) is 13.8 Å². The standard InChI is InChI=1S/C23H27N3OS/c1-4-5-10-21-22(27)26(16-20-9-7-6-8-18(20)3)23(28-21)25-24-15-19-13-11-17(2)12-14-19/h6-9,11-15,21H,4-5,10,16H2,1-3H3/b24-15-,25-23-/t21-/m1/s1. The highest BCUT2D eigenvalue weighted by Gasteiger charge is 2.37. The summed E-state index contributed by atoms with van der Waals surface area (Å²) in [5, 5.41) is 9.31. The maximum atomic E-state index is 13.0. The number of hydrogen-bond donors (Lipinski definition) is 0. The van der Waals surface area contributed by atoms with Crippen molar-refractivity contribution in [3.63, 3.8) is 0 Å². The van der Waals surface area contributed by atoms with Gasteiger partial charge in [0, 0.05) is 0 Å². The molecule has 0 saturated carbocycles. The molecule has 1 aliphatic rings. The fourth-order valence-corrected chi connectivity index (χ4v) is 4.20. The molecule has 0 bridgehead atoms. The van der Waals surface area contributed by atoms with Gasteiger partial charge in [0.15, 0.2) is 5.17 Å². The molecule has 5 heteroatoms. The van der Waals surface area contributed by atoms with Gasteiger partial charge in [-0.25, -0.2) is 0 Å². The summed E-state index contributed by atoms with van der Waals surface area (Å²) in [7, 11) is 0. The molecular formula is C23H27N3OS. The van der Waals surface area contributed by atoms with Gasteiger partial charge in [-0.3, -0.25) is 9.69 Å². The molecule has 0 N–H and O–H groups in total. The van der Waals surface area contributed by atoms with E-state index < -0.39 is 0 Å². The monoisotopic (exact) mass is 393 g/mol. The van der Waals surface area contributed by atoms with Gasteiger partial charge in [-0.15, -0.1) is 5.10 Å². The molecule has 28 heavy (non-hydrogen) atoms. The molecular weight excluding hydrogens is 366 g/mol. The van der Waals surface area contributed by atoms with E-state index in [0.717, 1.165) is 30.4 Å². The number of amidine groups is 1. The minimum absolute atomic E-state index is 0.0581. The second-order valence-electron chi connectivity index (χ2n) is 7.14. The van der Waals surface area contributed by atoms with Crippen molar-refractivity contribution in [2.24, 2.45) is 10.2 Å². The molecule has 1 heterocycles. The first-order valence-corrected chi connectivity index (χ1v) is 10.7. The van der Waals surface area contributed by atoms with Gasteiger partial charge in [0.1, 0.15) is 0 Å². The predicted molar refractivity (Wildman–Crippen MR) is 119 cm³/mol. The highest BCUT2D eigenvalue weighted by atomic mass is 32.2. The Morgan fingerprint density at radius 3 is 2.57 bits per heavy atom. The molecule has 146 valence electrons. The second-order valence-corrected chi connectivity index (χ2v) is 8.31. The Labute approximate surface area is 171 Å². The fourth-order valence-electron chi connectivity index (χ4n) is 3.06. The molecule has 1 saturated heterocycles. The van der Waals surface area contributed by atoms with Crippen LogP contribution in [0.25, 0.3) is 0 Å². The van der Waals surface area contributed by atoms with Gasteiger partial charge < -0.3 is 0 Å². The van der Waals surface area contributed by atoms with Crippen LogP contribution >= 0.6 is 11.8 Å². The van der Waals surface area contributed by atoms with Crippen LogP contribution < -0.4 is 0 Å². The average Bonchev–Trinajstić information content (AvgIpc) is 2.98. The van der Waals surface area contributed by atoms with Crippen molar-refractivity contribution in [3.8, 4) is 0 Å². The number of thioether (sulfide) groups is 1. The largest absolute Gasteiger partial charge is 0.284 e. The number of hydrogen-bond acceptors (Lipinski definition) is 4. The second kappa shape index (κ2) is 9.69. The Hall–Kier alpha value is -2.40. The lowest BCUT2D eigenvalue weighted by Gasteiger charge is -2.17. The van der Waals surface area contributed by atoms with Crippen molar-refractivity contribution in [1.29, 1.82) is 0 Å². The smallest absolute Gasteiger partial charge is 0.242 e. The van der Waals surface area contributed by atoms with Crippen molar-refractivity contribution in [2.45, 2.75) is 51.8 Å². The predicted octanol–water partition coefficient (Wildman–Crippen LogP) is 5.33. The van der Waals surface area contributed by atoms with Crippen LogP contribution in [0.1, 0.15) is 48.4 Å². The van der Waals surface area contributed by atoms with Crippen molar-refractivity contribution in [2.75, 3.05) is 0 Å². The Morgan fingerprint density at radius 2 is 1.86 bits per heavy atom. The van der Waals surface area contributed by atoms with Crippen molar-refractivity contribution in [3.05, 3.63) is 70.8 Å². The number of aryl methyl sites for hydroxylation is 2. The van der Waals surface area contributed by atoms with Gasteiger partial charge in [0.25, 0.3) is 0 Å². The topological polar surface area (TPSA) is 45.0 Å². The van der Waals surface area contributed by atoms with E-state index in [0.29, 0.717) is 11.7 Å². The lowest BCUT2D eigenvalue weighted by Crippen LogP contribution is -2.31. The van der Waals surface area contributed by atoms with Gasteiger partial charge in [0.2, 0.25) is 5.91 Å². The summed E-state index contributed by atoms with van der Waals surface area (Å²) in [5.41, 5.74) is 4.53. The maximum Gasteiger partial charge on any atom is 0.242 e. The highest BCUT2D eigenvalue weighted by molar-refractivity contribution is 8.15. The number of unbranched alkanes of at least 4 members (excludes halogenated alkanes) is 1. The third kappa shape index (κ3) is 5.10. The maximum absolute atomic E-state index is 13.0. The minimum Gasteiger partial charge on any atom is -0.284 e. The zero-order valence-electron chi connectivity index (χ0n) is 16.8. The number of carbonyl (C=O) groups is 1. The summed E-state index contributed by atoms with van der Waals surface area (Å²) in [6, 6.07) is 16.3.